The first-order valence-electron chi connectivity index (χ1n) is 18.9. The standard InChI is InChI=1S/C52H33N3O/c1-5-15-36(16-6-1)50-51(37-17-7-2-8-18-37)54-52-45(53-50)30-29-35-27-25-34-26-28-38(31-43(34)48(35)52)44-32-41(33-47-49(44)42-23-13-14-24-46(42)56-47)55(39-19-9-3-10-20-39)40-21-11-4-12-22-40/h1-33H. The first-order valence-corrected chi connectivity index (χ1v) is 18.9. The van der Waals surface area contributed by atoms with Crippen LogP contribution in [0.5, 0.6) is 0 Å². The van der Waals surface area contributed by atoms with Crippen molar-refractivity contribution in [1.29, 1.82) is 0 Å². The van der Waals surface area contributed by atoms with Gasteiger partial charge in [-0.05, 0) is 75.8 Å². The lowest BCUT2D eigenvalue weighted by Gasteiger charge is -2.26. The molecule has 0 amide bonds. The number of para-hydroxylation sites is 3. The molecular weight excluding hydrogens is 683 g/mol. The largest absolute Gasteiger partial charge is 0.456 e. The number of benzene rings is 9. The van der Waals surface area contributed by atoms with Crippen LogP contribution in [0.1, 0.15) is 0 Å². The quantitative estimate of drug-likeness (QED) is 0.161. The van der Waals surface area contributed by atoms with Crippen molar-refractivity contribution >= 4 is 71.6 Å². The SMILES string of the molecule is c1ccc(-c2nc3ccc4ccc5ccc(-c6cc(N(c7ccccc7)c7ccccc7)cc7oc8ccccc8c67)cc5c4c3nc2-c2ccccc2)cc1. The summed E-state index contributed by atoms with van der Waals surface area (Å²) in [5.74, 6) is 0. The molecule has 0 aliphatic heterocycles. The van der Waals surface area contributed by atoms with Crippen molar-refractivity contribution in [2.24, 2.45) is 0 Å². The summed E-state index contributed by atoms with van der Waals surface area (Å²) in [5, 5.41) is 6.66. The Hall–Kier alpha value is -7.56. The third kappa shape index (κ3) is 5.31. The number of furan rings is 1. The molecule has 4 heteroatoms. The number of nitrogens with zero attached hydrogens (tertiary/aromatic N) is 3. The van der Waals surface area contributed by atoms with E-state index < -0.39 is 0 Å². The van der Waals surface area contributed by atoms with Gasteiger partial charge in [0.25, 0.3) is 0 Å². The predicted octanol–water partition coefficient (Wildman–Crippen LogP) is 14.3. The molecule has 11 aromatic rings. The summed E-state index contributed by atoms with van der Waals surface area (Å²) in [4.78, 5) is 13.1. The molecule has 0 N–H and O–H groups in total. The highest BCUT2D eigenvalue weighted by Gasteiger charge is 2.21. The smallest absolute Gasteiger partial charge is 0.138 e. The van der Waals surface area contributed by atoms with Crippen LogP contribution in [-0.4, -0.2) is 9.97 Å². The summed E-state index contributed by atoms with van der Waals surface area (Å²) in [6.07, 6.45) is 0. The molecule has 0 spiro atoms. The molecule has 2 aromatic heterocycles. The fourth-order valence-corrected chi connectivity index (χ4v) is 8.22. The van der Waals surface area contributed by atoms with Crippen LogP contribution in [-0.2, 0) is 0 Å². The van der Waals surface area contributed by atoms with Gasteiger partial charge in [-0.3, -0.25) is 0 Å². The van der Waals surface area contributed by atoms with Gasteiger partial charge in [0.15, 0.2) is 0 Å². The molecule has 2 heterocycles. The molecule has 0 aliphatic carbocycles. The first-order chi connectivity index (χ1) is 27.8. The van der Waals surface area contributed by atoms with Crippen LogP contribution < -0.4 is 4.90 Å². The van der Waals surface area contributed by atoms with Gasteiger partial charge in [0.1, 0.15) is 11.2 Å². The van der Waals surface area contributed by atoms with E-state index in [0.29, 0.717) is 0 Å². The topological polar surface area (TPSA) is 42.2 Å². The number of hydrogen-bond acceptors (Lipinski definition) is 4. The lowest BCUT2D eigenvalue weighted by Crippen LogP contribution is -2.09. The van der Waals surface area contributed by atoms with E-state index in [1.165, 1.54) is 0 Å². The third-order valence-electron chi connectivity index (χ3n) is 10.8. The van der Waals surface area contributed by atoms with Gasteiger partial charge in [0.05, 0.1) is 28.1 Å². The van der Waals surface area contributed by atoms with Gasteiger partial charge >= 0.3 is 0 Å². The molecule has 0 atom stereocenters. The van der Waals surface area contributed by atoms with Crippen molar-refractivity contribution in [1.82, 2.24) is 9.97 Å². The van der Waals surface area contributed by atoms with E-state index in [4.69, 9.17) is 14.4 Å². The van der Waals surface area contributed by atoms with Gasteiger partial charge in [0.2, 0.25) is 0 Å². The molecule has 56 heavy (non-hydrogen) atoms. The van der Waals surface area contributed by atoms with Gasteiger partial charge in [-0.15, -0.1) is 0 Å². The molecule has 0 radical (unpaired) electrons. The van der Waals surface area contributed by atoms with E-state index in [2.05, 4.69) is 187 Å². The van der Waals surface area contributed by atoms with E-state index in [1.54, 1.807) is 0 Å². The maximum Gasteiger partial charge on any atom is 0.138 e. The van der Waals surface area contributed by atoms with Gasteiger partial charge in [-0.1, -0.05) is 146 Å². The summed E-state index contributed by atoms with van der Waals surface area (Å²) in [6, 6.07) is 70.1. The Kier molecular flexibility index (Phi) is 7.46. The fraction of sp³-hybridized carbons (Fsp3) is 0. The van der Waals surface area contributed by atoms with Crippen molar-refractivity contribution in [2.45, 2.75) is 0 Å². The Bertz CT molecular complexity index is 3190. The van der Waals surface area contributed by atoms with Crippen LogP contribution in [0.15, 0.2) is 205 Å². The maximum absolute atomic E-state index is 6.65. The summed E-state index contributed by atoms with van der Waals surface area (Å²) >= 11 is 0. The highest BCUT2D eigenvalue weighted by Crippen LogP contribution is 2.45. The molecule has 0 unspecified atom stereocenters. The second kappa shape index (κ2) is 13.1. The normalized spacial score (nSPS) is 11.6. The monoisotopic (exact) mass is 715 g/mol. The lowest BCUT2D eigenvalue weighted by atomic mass is 9.93. The van der Waals surface area contributed by atoms with Crippen LogP contribution >= 0.6 is 0 Å². The predicted molar refractivity (Wildman–Crippen MR) is 233 cm³/mol. The Balaban J connectivity index is 1.20. The molecule has 262 valence electrons. The highest BCUT2D eigenvalue weighted by molar-refractivity contribution is 6.20. The molecule has 0 aliphatic rings. The summed E-state index contributed by atoms with van der Waals surface area (Å²) in [5.41, 5.74) is 12.6. The molecular formula is C52H33N3O. The second-order valence-corrected chi connectivity index (χ2v) is 14.2. The summed E-state index contributed by atoms with van der Waals surface area (Å²) in [6.45, 7) is 0. The van der Waals surface area contributed by atoms with Gasteiger partial charge in [0, 0.05) is 44.7 Å². The number of fused-ring (bicyclic) bond motifs is 8. The average molecular weight is 716 g/mol. The molecule has 9 aromatic carbocycles. The zero-order valence-electron chi connectivity index (χ0n) is 30.3. The van der Waals surface area contributed by atoms with E-state index in [1.807, 2.05) is 18.2 Å². The zero-order chi connectivity index (χ0) is 37.0. The van der Waals surface area contributed by atoms with Crippen LogP contribution in [0, 0.1) is 0 Å². The van der Waals surface area contributed by atoms with E-state index in [-0.39, 0.29) is 0 Å². The number of hydrogen-bond donors (Lipinski definition) is 0. The number of aromatic nitrogens is 2. The number of rotatable bonds is 6. The van der Waals surface area contributed by atoms with Gasteiger partial charge in [-0.2, -0.15) is 0 Å². The van der Waals surface area contributed by atoms with Crippen molar-refractivity contribution in [3.63, 3.8) is 0 Å². The summed E-state index contributed by atoms with van der Waals surface area (Å²) < 4.78 is 6.65. The minimum Gasteiger partial charge on any atom is -0.456 e. The maximum atomic E-state index is 6.65. The molecule has 0 saturated heterocycles. The molecule has 0 saturated carbocycles. The minimum atomic E-state index is 0.839. The van der Waals surface area contributed by atoms with Crippen LogP contribution in [0.3, 0.4) is 0 Å². The van der Waals surface area contributed by atoms with Crippen LogP contribution in [0.4, 0.5) is 17.1 Å². The Morgan fingerprint density at radius 1 is 0.375 bits per heavy atom. The van der Waals surface area contributed by atoms with E-state index in [9.17, 15) is 0 Å². The zero-order valence-corrected chi connectivity index (χ0v) is 30.3. The second-order valence-electron chi connectivity index (χ2n) is 14.2. The van der Waals surface area contributed by atoms with E-state index >= 15 is 0 Å². The lowest BCUT2D eigenvalue weighted by molar-refractivity contribution is 0.669. The minimum absolute atomic E-state index is 0.839. The van der Waals surface area contributed by atoms with Crippen molar-refractivity contribution in [2.75, 3.05) is 4.90 Å². The average Bonchev–Trinajstić information content (AvgIpc) is 3.65. The Morgan fingerprint density at radius 2 is 0.946 bits per heavy atom. The first kappa shape index (κ1) is 31.9. The fourth-order valence-electron chi connectivity index (χ4n) is 8.22. The molecule has 4 nitrogen and oxygen atoms in total. The van der Waals surface area contributed by atoms with Gasteiger partial charge in [-0.25, -0.2) is 9.97 Å². The highest BCUT2D eigenvalue weighted by atomic mass is 16.3. The van der Waals surface area contributed by atoms with Crippen molar-refractivity contribution in [3.05, 3.63) is 200 Å². The molecule has 11 rings (SSSR count). The van der Waals surface area contributed by atoms with Crippen LogP contribution in [0.25, 0.3) is 88.2 Å². The molecule has 0 fully saturated rings. The van der Waals surface area contributed by atoms with E-state index in [0.717, 1.165) is 105 Å². The van der Waals surface area contributed by atoms with Crippen molar-refractivity contribution in [3.8, 4) is 33.6 Å². The molecule has 0 bridgehead atoms. The van der Waals surface area contributed by atoms with Gasteiger partial charge < -0.3 is 9.32 Å². The summed E-state index contributed by atoms with van der Waals surface area (Å²) in [7, 11) is 0. The Labute approximate surface area is 323 Å². The number of anilines is 3. The van der Waals surface area contributed by atoms with Crippen molar-refractivity contribution < 1.29 is 4.42 Å². The van der Waals surface area contributed by atoms with Crippen LogP contribution in [0.2, 0.25) is 0 Å². The third-order valence-corrected chi connectivity index (χ3v) is 10.8. The Morgan fingerprint density at radius 3 is 1.64 bits per heavy atom.